The highest BCUT2D eigenvalue weighted by Crippen LogP contribution is 2.18. The predicted octanol–water partition coefficient (Wildman–Crippen LogP) is 3.43. The molecule has 0 radical (unpaired) electrons. The lowest BCUT2D eigenvalue weighted by molar-refractivity contribution is -0.117. The number of aliphatic hydroxyl groups excluding tert-OH is 1. The molecule has 0 fully saturated rings. The van der Waals surface area contributed by atoms with E-state index in [0.29, 0.717) is 24.0 Å². The molecule has 0 saturated heterocycles. The zero-order valence-corrected chi connectivity index (χ0v) is 18.9. The summed E-state index contributed by atoms with van der Waals surface area (Å²) in [4.78, 5) is 25.0. The number of ether oxygens (including phenoxy) is 2. The number of hydrogen-bond donors (Lipinski definition) is 3. The zero-order valence-electron chi connectivity index (χ0n) is 18.9. The first-order valence-corrected chi connectivity index (χ1v) is 10.6. The van der Waals surface area contributed by atoms with Gasteiger partial charge >= 0.3 is 0 Å². The number of benzene rings is 3. The molecule has 3 N–H and O–H groups in total. The maximum Gasteiger partial charge on any atom is 0.267 e. The van der Waals surface area contributed by atoms with E-state index in [-0.39, 0.29) is 18.8 Å². The van der Waals surface area contributed by atoms with Gasteiger partial charge in [0.05, 0.1) is 19.3 Å². The molecule has 0 heterocycles. The van der Waals surface area contributed by atoms with Crippen LogP contribution in [0.3, 0.4) is 0 Å². The number of carbonyl (C=O) groups excluding carboxylic acids is 2. The van der Waals surface area contributed by atoms with Gasteiger partial charge in [-0.1, -0.05) is 24.3 Å². The number of halogens is 2. The van der Waals surface area contributed by atoms with Crippen LogP contribution in [0.4, 0.5) is 8.78 Å². The highest BCUT2D eigenvalue weighted by molar-refractivity contribution is 6.05. The Morgan fingerprint density at radius 2 is 1.77 bits per heavy atom. The molecule has 0 saturated carbocycles. The number of nitrogens with one attached hydrogen (secondary N) is 2. The molecule has 0 aromatic heterocycles. The second kappa shape index (κ2) is 12.3. The van der Waals surface area contributed by atoms with E-state index in [2.05, 4.69) is 10.6 Å². The van der Waals surface area contributed by atoms with E-state index in [9.17, 15) is 18.4 Å². The van der Waals surface area contributed by atoms with E-state index in [1.54, 1.807) is 31.4 Å². The fraction of sp³-hybridized carbons (Fsp3) is 0.154. The maximum absolute atomic E-state index is 14.0. The summed E-state index contributed by atoms with van der Waals surface area (Å²) in [6, 6.07) is 16.7. The van der Waals surface area contributed by atoms with Crippen LogP contribution in [0.15, 0.2) is 72.4 Å². The molecule has 0 atom stereocenters. The van der Waals surface area contributed by atoms with Crippen molar-refractivity contribution in [1.82, 2.24) is 10.6 Å². The third kappa shape index (κ3) is 7.38. The Labute approximate surface area is 201 Å². The molecule has 7 nitrogen and oxygen atoms in total. The van der Waals surface area contributed by atoms with E-state index in [1.807, 2.05) is 24.3 Å². The average molecular weight is 482 g/mol. The molecule has 0 aliphatic carbocycles. The predicted molar refractivity (Wildman–Crippen MR) is 126 cm³/mol. The van der Waals surface area contributed by atoms with Gasteiger partial charge < -0.3 is 25.2 Å². The lowest BCUT2D eigenvalue weighted by Gasteiger charge is -2.12. The molecule has 2 amide bonds. The Bertz CT molecular complexity index is 1210. The number of carbonyl (C=O) groups is 2. The lowest BCUT2D eigenvalue weighted by atomic mass is 10.1. The second-order valence-electron chi connectivity index (χ2n) is 7.33. The van der Waals surface area contributed by atoms with Crippen LogP contribution >= 0.6 is 0 Å². The zero-order chi connectivity index (χ0) is 25.2. The summed E-state index contributed by atoms with van der Waals surface area (Å²) in [7, 11) is 1.59. The number of hydrogen-bond acceptors (Lipinski definition) is 5. The van der Waals surface area contributed by atoms with Crippen molar-refractivity contribution < 1.29 is 33.0 Å². The lowest BCUT2D eigenvalue weighted by Crippen LogP contribution is -2.36. The van der Waals surface area contributed by atoms with Gasteiger partial charge in [0.2, 0.25) is 0 Å². The first-order valence-electron chi connectivity index (χ1n) is 10.6. The molecule has 35 heavy (non-hydrogen) atoms. The van der Waals surface area contributed by atoms with Crippen LogP contribution in [0.25, 0.3) is 6.08 Å². The van der Waals surface area contributed by atoms with Crippen molar-refractivity contribution in [1.29, 1.82) is 0 Å². The molecule has 0 unspecified atom stereocenters. The summed E-state index contributed by atoms with van der Waals surface area (Å²) < 4.78 is 38.1. The Hall–Kier alpha value is -4.24. The number of amides is 2. The molecule has 9 heteroatoms. The number of rotatable bonds is 10. The van der Waals surface area contributed by atoms with Gasteiger partial charge in [-0.2, -0.15) is 0 Å². The summed E-state index contributed by atoms with van der Waals surface area (Å²) in [5.41, 5.74) is 0.866. The number of aliphatic hydroxyl groups is 1. The van der Waals surface area contributed by atoms with Gasteiger partial charge in [0.15, 0.2) is 0 Å². The molecule has 0 bridgehead atoms. The SMILES string of the molecule is COc1cccc(COc2ccc(/C=C(\NC(=O)c3ccc(F)cc3F)C(=O)NCCO)cc2)c1. The highest BCUT2D eigenvalue weighted by atomic mass is 19.1. The highest BCUT2D eigenvalue weighted by Gasteiger charge is 2.17. The molecule has 182 valence electrons. The minimum Gasteiger partial charge on any atom is -0.497 e. The van der Waals surface area contributed by atoms with Crippen molar-refractivity contribution in [2.75, 3.05) is 20.3 Å². The van der Waals surface area contributed by atoms with Gasteiger partial charge in [-0.15, -0.1) is 0 Å². The summed E-state index contributed by atoms with van der Waals surface area (Å²) in [5, 5.41) is 13.8. The van der Waals surface area contributed by atoms with Crippen molar-refractivity contribution in [3.05, 3.63) is 101 Å². The molecular weight excluding hydrogens is 458 g/mol. The second-order valence-corrected chi connectivity index (χ2v) is 7.33. The van der Waals surface area contributed by atoms with Crippen LogP contribution in [0, 0.1) is 11.6 Å². The average Bonchev–Trinajstić information content (AvgIpc) is 2.86. The minimum atomic E-state index is -1.06. The summed E-state index contributed by atoms with van der Waals surface area (Å²) in [6.45, 7) is -0.0343. The Balaban J connectivity index is 1.74. The van der Waals surface area contributed by atoms with Crippen LogP contribution in [0.2, 0.25) is 0 Å². The van der Waals surface area contributed by atoms with Gasteiger partial charge in [0.25, 0.3) is 11.8 Å². The molecule has 3 rings (SSSR count). The fourth-order valence-corrected chi connectivity index (χ4v) is 3.04. The van der Waals surface area contributed by atoms with E-state index in [1.165, 1.54) is 6.08 Å². The smallest absolute Gasteiger partial charge is 0.267 e. The summed E-state index contributed by atoms with van der Waals surface area (Å²) in [6.07, 6.45) is 1.39. The Kier molecular flexibility index (Phi) is 8.91. The van der Waals surface area contributed by atoms with E-state index in [0.717, 1.165) is 23.4 Å². The third-order valence-electron chi connectivity index (χ3n) is 4.80. The molecule has 3 aromatic carbocycles. The Morgan fingerprint density at radius 1 is 1.00 bits per heavy atom. The van der Waals surface area contributed by atoms with Crippen molar-refractivity contribution in [2.24, 2.45) is 0 Å². The normalized spacial score (nSPS) is 11.0. The molecular formula is C26H24F2N2O5. The first-order chi connectivity index (χ1) is 16.9. The van der Waals surface area contributed by atoms with Gasteiger partial charge in [0.1, 0.15) is 35.4 Å². The quantitative estimate of drug-likeness (QED) is 0.385. The topological polar surface area (TPSA) is 96.9 Å². The van der Waals surface area contributed by atoms with Crippen molar-refractivity contribution in [3.8, 4) is 11.5 Å². The van der Waals surface area contributed by atoms with Crippen LogP contribution in [-0.2, 0) is 11.4 Å². The van der Waals surface area contributed by atoms with E-state index < -0.39 is 29.0 Å². The third-order valence-corrected chi connectivity index (χ3v) is 4.80. The summed E-state index contributed by atoms with van der Waals surface area (Å²) >= 11 is 0. The van der Waals surface area contributed by atoms with Crippen molar-refractivity contribution >= 4 is 17.9 Å². The monoisotopic (exact) mass is 482 g/mol. The van der Waals surface area contributed by atoms with E-state index >= 15 is 0 Å². The van der Waals surface area contributed by atoms with Crippen LogP contribution in [0.1, 0.15) is 21.5 Å². The van der Waals surface area contributed by atoms with Crippen molar-refractivity contribution in [2.45, 2.75) is 6.61 Å². The van der Waals surface area contributed by atoms with Gasteiger partial charge in [-0.25, -0.2) is 8.78 Å². The van der Waals surface area contributed by atoms with Crippen LogP contribution in [-0.4, -0.2) is 37.2 Å². The van der Waals surface area contributed by atoms with Crippen LogP contribution < -0.4 is 20.1 Å². The molecule has 0 aliphatic rings. The van der Waals surface area contributed by atoms with Crippen molar-refractivity contribution in [3.63, 3.8) is 0 Å². The summed E-state index contributed by atoms with van der Waals surface area (Å²) in [5.74, 6) is -2.20. The minimum absolute atomic E-state index is 0.0476. The van der Waals surface area contributed by atoms with Gasteiger partial charge in [-0.3, -0.25) is 9.59 Å². The van der Waals surface area contributed by atoms with Gasteiger partial charge in [0, 0.05) is 12.6 Å². The largest absolute Gasteiger partial charge is 0.497 e. The van der Waals surface area contributed by atoms with E-state index in [4.69, 9.17) is 14.6 Å². The molecule has 0 spiro atoms. The van der Waals surface area contributed by atoms with Gasteiger partial charge in [-0.05, 0) is 53.6 Å². The Morgan fingerprint density at radius 3 is 2.46 bits per heavy atom. The molecule has 0 aliphatic heterocycles. The first kappa shape index (κ1) is 25.4. The fourth-order valence-electron chi connectivity index (χ4n) is 3.04. The van der Waals surface area contributed by atoms with Crippen LogP contribution in [0.5, 0.6) is 11.5 Å². The number of methoxy groups -OCH3 is 1. The molecule has 3 aromatic rings. The maximum atomic E-state index is 14.0. The standard InChI is InChI=1S/C26H24F2N2O5/c1-34-21-4-2-3-18(13-21)16-35-20-8-5-17(6-9-20)14-24(26(33)29-11-12-31)30-25(32)22-10-7-19(27)15-23(22)28/h2-10,13-15,31H,11-12,16H2,1H3,(H,29,33)(H,30,32)/b24-14-.